The van der Waals surface area contributed by atoms with Gasteiger partial charge in [0.25, 0.3) is 5.91 Å². The summed E-state index contributed by atoms with van der Waals surface area (Å²) in [7, 11) is 0. The number of aryl methyl sites for hydroxylation is 3. The van der Waals surface area contributed by atoms with E-state index >= 15 is 0 Å². The molecule has 5 nitrogen and oxygen atoms in total. The van der Waals surface area contributed by atoms with Crippen LogP contribution in [0.2, 0.25) is 0 Å². The monoisotopic (exact) mass is 321 g/mol. The molecule has 2 aromatic carbocycles. The molecular formula is C19H19N3O2. The molecule has 0 aliphatic rings. The predicted octanol–water partition coefficient (Wildman–Crippen LogP) is 3.59. The van der Waals surface area contributed by atoms with E-state index in [0.29, 0.717) is 17.3 Å². The predicted molar refractivity (Wildman–Crippen MR) is 91.6 cm³/mol. The van der Waals surface area contributed by atoms with Crippen LogP contribution in [-0.4, -0.2) is 16.0 Å². The van der Waals surface area contributed by atoms with Gasteiger partial charge in [-0.25, -0.2) is 0 Å². The number of hydrogen-bond donors (Lipinski definition) is 1. The molecule has 5 heteroatoms. The lowest BCUT2D eigenvalue weighted by Crippen LogP contribution is -2.24. The first-order valence-corrected chi connectivity index (χ1v) is 7.78. The third kappa shape index (κ3) is 3.35. The van der Waals surface area contributed by atoms with Gasteiger partial charge in [0.15, 0.2) is 0 Å². The molecule has 3 rings (SSSR count). The third-order valence-corrected chi connectivity index (χ3v) is 3.99. The molecular weight excluding hydrogens is 302 g/mol. The van der Waals surface area contributed by atoms with Crippen LogP contribution >= 0.6 is 0 Å². The average Bonchev–Trinajstić information content (AvgIpc) is 3.06. The zero-order chi connectivity index (χ0) is 17.1. The number of carbonyl (C=O) groups is 1. The minimum Gasteiger partial charge on any atom is -0.343 e. The molecule has 0 saturated heterocycles. The van der Waals surface area contributed by atoms with Gasteiger partial charge in [-0.3, -0.25) is 4.79 Å². The van der Waals surface area contributed by atoms with E-state index in [2.05, 4.69) is 15.5 Å². The van der Waals surface area contributed by atoms with Gasteiger partial charge in [0.1, 0.15) is 0 Å². The number of rotatable bonds is 4. The molecule has 0 atom stereocenters. The highest BCUT2D eigenvalue weighted by molar-refractivity contribution is 5.95. The zero-order valence-corrected chi connectivity index (χ0v) is 14.0. The van der Waals surface area contributed by atoms with E-state index in [9.17, 15) is 4.79 Å². The molecule has 0 fully saturated rings. The normalized spacial score (nSPS) is 10.6. The molecule has 0 bridgehead atoms. The van der Waals surface area contributed by atoms with Gasteiger partial charge in [-0.1, -0.05) is 41.6 Å². The Kier molecular flexibility index (Phi) is 4.42. The van der Waals surface area contributed by atoms with Crippen LogP contribution in [0.15, 0.2) is 47.0 Å². The second-order valence-corrected chi connectivity index (χ2v) is 5.81. The molecule has 0 saturated carbocycles. The minimum absolute atomic E-state index is 0.143. The summed E-state index contributed by atoms with van der Waals surface area (Å²) in [6, 6.07) is 13.5. The number of carbonyl (C=O) groups excluding carboxylic acids is 1. The summed E-state index contributed by atoms with van der Waals surface area (Å²) >= 11 is 0. The van der Waals surface area contributed by atoms with E-state index < -0.39 is 0 Å². The summed E-state index contributed by atoms with van der Waals surface area (Å²) in [5.41, 5.74) is 4.76. The molecule has 0 unspecified atom stereocenters. The van der Waals surface area contributed by atoms with Crippen molar-refractivity contribution in [3.05, 3.63) is 70.6 Å². The summed E-state index contributed by atoms with van der Waals surface area (Å²) in [5.74, 6) is 0.751. The maximum Gasteiger partial charge on any atom is 0.251 e. The Morgan fingerprint density at radius 2 is 1.75 bits per heavy atom. The standard InChI is InChI=1S/C19H19N3O2/c1-12-9-14(3)16(10-13(12)2)19(23)20-11-17-21-18(22-24-17)15-7-5-4-6-8-15/h4-10H,11H2,1-3H3,(H,20,23). The molecule has 3 aromatic rings. The maximum atomic E-state index is 12.4. The number of nitrogens with zero attached hydrogens (tertiary/aromatic N) is 2. The SMILES string of the molecule is Cc1cc(C)c(C(=O)NCc2nc(-c3ccccc3)no2)cc1C. The fraction of sp³-hybridized carbons (Fsp3) is 0.211. The number of amides is 1. The molecule has 1 N–H and O–H groups in total. The second kappa shape index (κ2) is 6.66. The van der Waals surface area contributed by atoms with Crippen LogP contribution in [0.3, 0.4) is 0 Å². The Hall–Kier alpha value is -2.95. The topological polar surface area (TPSA) is 68.0 Å². The van der Waals surface area contributed by atoms with E-state index in [0.717, 1.165) is 16.7 Å². The molecule has 122 valence electrons. The van der Waals surface area contributed by atoms with Crippen LogP contribution in [0.5, 0.6) is 0 Å². The molecule has 24 heavy (non-hydrogen) atoms. The first kappa shape index (κ1) is 15.9. The average molecular weight is 321 g/mol. The third-order valence-electron chi connectivity index (χ3n) is 3.99. The van der Waals surface area contributed by atoms with Crippen molar-refractivity contribution in [3.63, 3.8) is 0 Å². The van der Waals surface area contributed by atoms with Gasteiger partial charge < -0.3 is 9.84 Å². The van der Waals surface area contributed by atoms with Crippen LogP contribution in [0, 0.1) is 20.8 Å². The summed E-state index contributed by atoms with van der Waals surface area (Å²) in [4.78, 5) is 16.7. The van der Waals surface area contributed by atoms with Crippen molar-refractivity contribution >= 4 is 5.91 Å². The first-order chi connectivity index (χ1) is 11.5. The lowest BCUT2D eigenvalue weighted by Gasteiger charge is -2.09. The van der Waals surface area contributed by atoms with Crippen molar-refractivity contribution in [3.8, 4) is 11.4 Å². The van der Waals surface area contributed by atoms with Gasteiger partial charge in [0.2, 0.25) is 11.7 Å². The molecule has 0 radical (unpaired) electrons. The largest absolute Gasteiger partial charge is 0.343 e. The van der Waals surface area contributed by atoms with Gasteiger partial charge in [0, 0.05) is 11.1 Å². The quantitative estimate of drug-likeness (QED) is 0.797. The Bertz CT molecular complexity index is 870. The fourth-order valence-electron chi connectivity index (χ4n) is 2.49. The van der Waals surface area contributed by atoms with Crippen molar-refractivity contribution < 1.29 is 9.32 Å². The second-order valence-electron chi connectivity index (χ2n) is 5.81. The molecule has 0 aliphatic carbocycles. The highest BCUT2D eigenvalue weighted by Crippen LogP contribution is 2.16. The van der Waals surface area contributed by atoms with Crippen LogP contribution in [0.25, 0.3) is 11.4 Å². The Morgan fingerprint density at radius 1 is 1.04 bits per heavy atom. The zero-order valence-electron chi connectivity index (χ0n) is 14.0. The number of benzene rings is 2. The smallest absolute Gasteiger partial charge is 0.251 e. The first-order valence-electron chi connectivity index (χ1n) is 7.78. The summed E-state index contributed by atoms with van der Waals surface area (Å²) in [6.07, 6.45) is 0. The minimum atomic E-state index is -0.143. The van der Waals surface area contributed by atoms with Crippen molar-refractivity contribution in [1.82, 2.24) is 15.5 Å². The van der Waals surface area contributed by atoms with Crippen LogP contribution in [0.4, 0.5) is 0 Å². The van der Waals surface area contributed by atoms with Gasteiger partial charge in [-0.15, -0.1) is 0 Å². The Balaban J connectivity index is 1.69. The van der Waals surface area contributed by atoms with E-state index in [1.807, 2.05) is 63.2 Å². The van der Waals surface area contributed by atoms with E-state index in [1.54, 1.807) is 0 Å². The molecule has 1 amide bonds. The van der Waals surface area contributed by atoms with Gasteiger partial charge >= 0.3 is 0 Å². The molecule has 0 spiro atoms. The van der Waals surface area contributed by atoms with Gasteiger partial charge in [-0.2, -0.15) is 4.98 Å². The van der Waals surface area contributed by atoms with Gasteiger partial charge in [0.05, 0.1) is 6.54 Å². The number of aromatic nitrogens is 2. The molecule has 1 heterocycles. The maximum absolute atomic E-state index is 12.4. The van der Waals surface area contributed by atoms with Gasteiger partial charge in [-0.05, 0) is 43.5 Å². The summed E-state index contributed by atoms with van der Waals surface area (Å²) < 4.78 is 5.20. The van der Waals surface area contributed by atoms with E-state index in [4.69, 9.17) is 4.52 Å². The van der Waals surface area contributed by atoms with Crippen molar-refractivity contribution in [2.45, 2.75) is 27.3 Å². The van der Waals surface area contributed by atoms with Crippen molar-refractivity contribution in [2.24, 2.45) is 0 Å². The van der Waals surface area contributed by atoms with Crippen molar-refractivity contribution in [1.29, 1.82) is 0 Å². The Labute approximate surface area is 140 Å². The number of nitrogens with one attached hydrogen (secondary N) is 1. The van der Waals surface area contributed by atoms with Crippen LogP contribution in [-0.2, 0) is 6.54 Å². The lowest BCUT2D eigenvalue weighted by atomic mass is 10.0. The lowest BCUT2D eigenvalue weighted by molar-refractivity contribution is 0.0945. The van der Waals surface area contributed by atoms with E-state index in [-0.39, 0.29) is 12.5 Å². The fourth-order valence-corrected chi connectivity index (χ4v) is 2.49. The van der Waals surface area contributed by atoms with E-state index in [1.165, 1.54) is 5.56 Å². The highest BCUT2D eigenvalue weighted by atomic mass is 16.5. The molecule has 0 aliphatic heterocycles. The summed E-state index contributed by atoms with van der Waals surface area (Å²) in [6.45, 7) is 6.16. The van der Waals surface area contributed by atoms with Crippen LogP contribution in [0.1, 0.15) is 32.9 Å². The highest BCUT2D eigenvalue weighted by Gasteiger charge is 2.13. The van der Waals surface area contributed by atoms with Crippen molar-refractivity contribution in [2.75, 3.05) is 0 Å². The van der Waals surface area contributed by atoms with Crippen LogP contribution < -0.4 is 5.32 Å². The number of hydrogen-bond acceptors (Lipinski definition) is 4. The summed E-state index contributed by atoms with van der Waals surface area (Å²) in [5, 5.41) is 6.78. The Morgan fingerprint density at radius 3 is 2.50 bits per heavy atom. The molecule has 1 aromatic heterocycles.